The number of benzene rings is 1. The first-order chi connectivity index (χ1) is 7.46. The van der Waals surface area contributed by atoms with E-state index in [-0.39, 0.29) is 22.1 Å². The van der Waals surface area contributed by atoms with Crippen LogP contribution in [0.15, 0.2) is 29.2 Å². The fourth-order valence-corrected chi connectivity index (χ4v) is 6.11. The van der Waals surface area contributed by atoms with Crippen LogP contribution in [0.2, 0.25) is 5.02 Å². The van der Waals surface area contributed by atoms with Crippen molar-refractivity contribution < 1.29 is 8.42 Å². The summed E-state index contributed by atoms with van der Waals surface area (Å²) in [4.78, 5) is 0.997. The fourth-order valence-electron chi connectivity index (χ4n) is 1.57. The molecule has 1 aliphatic heterocycles. The van der Waals surface area contributed by atoms with Crippen molar-refractivity contribution in [2.45, 2.75) is 15.5 Å². The molecule has 0 aromatic heterocycles. The lowest BCUT2D eigenvalue weighted by Gasteiger charge is -2.11. The Bertz CT molecular complexity index is 470. The molecule has 1 aromatic rings. The lowest BCUT2D eigenvalue weighted by molar-refractivity contribution is 0.602. The third kappa shape index (κ3) is 3.06. The minimum atomic E-state index is -2.95. The number of thioether (sulfide) groups is 1. The second-order valence-corrected chi connectivity index (χ2v) is 8.17. The molecule has 2 atom stereocenters. The maximum Gasteiger partial charge on any atom is 0.152 e. The van der Waals surface area contributed by atoms with Crippen molar-refractivity contribution in [2.75, 3.05) is 11.5 Å². The van der Waals surface area contributed by atoms with Gasteiger partial charge in [0.25, 0.3) is 0 Å². The van der Waals surface area contributed by atoms with Gasteiger partial charge in [-0.05, 0) is 24.3 Å². The van der Waals surface area contributed by atoms with E-state index < -0.39 is 9.84 Å². The Hall–Kier alpha value is 0.1000. The maximum absolute atomic E-state index is 11.4. The quantitative estimate of drug-likeness (QED) is 0.787. The predicted molar refractivity (Wildman–Crippen MR) is 69.4 cm³/mol. The monoisotopic (exact) mass is 296 g/mol. The number of hydrogen-bond acceptors (Lipinski definition) is 3. The molecule has 0 unspecified atom stereocenters. The van der Waals surface area contributed by atoms with Crippen LogP contribution in [-0.4, -0.2) is 30.6 Å². The van der Waals surface area contributed by atoms with Gasteiger partial charge in [-0.15, -0.1) is 23.4 Å². The van der Waals surface area contributed by atoms with E-state index >= 15 is 0 Å². The minimum absolute atomic E-state index is 0.0622. The highest BCUT2D eigenvalue weighted by Crippen LogP contribution is 2.34. The molecule has 16 heavy (non-hydrogen) atoms. The molecule has 1 heterocycles. The van der Waals surface area contributed by atoms with Crippen LogP contribution in [0.4, 0.5) is 0 Å². The number of halogens is 2. The van der Waals surface area contributed by atoms with Crippen molar-refractivity contribution in [2.24, 2.45) is 0 Å². The first-order valence-corrected chi connectivity index (χ1v) is 8.24. The van der Waals surface area contributed by atoms with Gasteiger partial charge in [0, 0.05) is 15.2 Å². The number of rotatable bonds is 2. The van der Waals surface area contributed by atoms with E-state index in [1.54, 1.807) is 12.1 Å². The van der Waals surface area contributed by atoms with Gasteiger partial charge in [0.15, 0.2) is 9.84 Å². The molecule has 0 aliphatic carbocycles. The lowest BCUT2D eigenvalue weighted by Crippen LogP contribution is -2.13. The Morgan fingerprint density at radius 2 is 1.81 bits per heavy atom. The molecule has 1 fully saturated rings. The van der Waals surface area contributed by atoms with Gasteiger partial charge in [-0.3, -0.25) is 0 Å². The molecule has 1 aromatic carbocycles. The van der Waals surface area contributed by atoms with E-state index in [4.69, 9.17) is 23.2 Å². The molecule has 0 radical (unpaired) electrons. The summed E-state index contributed by atoms with van der Waals surface area (Å²) in [5.74, 6) is 0.244. The van der Waals surface area contributed by atoms with E-state index in [2.05, 4.69) is 0 Å². The van der Waals surface area contributed by atoms with Crippen molar-refractivity contribution in [1.29, 1.82) is 0 Å². The molecular formula is C10H10Cl2O2S2. The van der Waals surface area contributed by atoms with Crippen molar-refractivity contribution in [1.82, 2.24) is 0 Å². The van der Waals surface area contributed by atoms with Crippen molar-refractivity contribution in [3.05, 3.63) is 29.3 Å². The van der Waals surface area contributed by atoms with Crippen molar-refractivity contribution in [3.63, 3.8) is 0 Å². The third-order valence-corrected chi connectivity index (χ3v) is 6.67. The fraction of sp³-hybridized carbons (Fsp3) is 0.400. The summed E-state index contributed by atoms with van der Waals surface area (Å²) in [5.41, 5.74) is 0. The Morgan fingerprint density at radius 1 is 1.19 bits per heavy atom. The number of alkyl halides is 1. The highest BCUT2D eigenvalue weighted by molar-refractivity contribution is 8.02. The Kier molecular flexibility index (Phi) is 3.74. The van der Waals surface area contributed by atoms with E-state index in [1.165, 1.54) is 11.8 Å². The van der Waals surface area contributed by atoms with E-state index in [1.807, 2.05) is 12.1 Å². The molecule has 6 heteroatoms. The van der Waals surface area contributed by atoms with Crippen LogP contribution in [0.1, 0.15) is 0 Å². The molecule has 1 aliphatic rings. The first kappa shape index (κ1) is 12.6. The van der Waals surface area contributed by atoms with Crippen LogP contribution < -0.4 is 0 Å². The second kappa shape index (κ2) is 4.77. The summed E-state index contributed by atoms with van der Waals surface area (Å²) in [5, 5.41) is 0.310. The normalized spacial score (nSPS) is 28.1. The Labute approximate surface area is 109 Å². The topological polar surface area (TPSA) is 34.1 Å². The van der Waals surface area contributed by atoms with Crippen LogP contribution in [-0.2, 0) is 9.84 Å². The summed E-state index contributed by atoms with van der Waals surface area (Å²) < 4.78 is 22.8. The zero-order valence-corrected chi connectivity index (χ0v) is 11.4. The minimum Gasteiger partial charge on any atom is -0.229 e. The zero-order chi connectivity index (χ0) is 11.8. The standard InChI is InChI=1S/C10H10Cl2O2S2/c11-7-1-3-8(4-2-7)15-10-6-16(13,14)5-9(10)12/h1-4,9-10H,5-6H2/t9-,10-/m0/s1. The molecule has 1 saturated heterocycles. The van der Waals surface area contributed by atoms with E-state index in [0.717, 1.165) is 4.90 Å². The van der Waals surface area contributed by atoms with Gasteiger partial charge in [-0.1, -0.05) is 11.6 Å². The highest BCUT2D eigenvalue weighted by Gasteiger charge is 2.36. The van der Waals surface area contributed by atoms with Gasteiger partial charge < -0.3 is 0 Å². The number of hydrogen-bond donors (Lipinski definition) is 0. The first-order valence-electron chi connectivity index (χ1n) is 4.73. The van der Waals surface area contributed by atoms with Gasteiger partial charge in [-0.25, -0.2) is 8.42 Å². The summed E-state index contributed by atoms with van der Waals surface area (Å²) in [6, 6.07) is 7.33. The second-order valence-electron chi connectivity index (χ2n) is 3.70. The van der Waals surface area contributed by atoms with Crippen LogP contribution in [0.3, 0.4) is 0 Å². The van der Waals surface area contributed by atoms with Gasteiger partial charge in [-0.2, -0.15) is 0 Å². The van der Waals surface area contributed by atoms with Gasteiger partial charge in [0.05, 0.1) is 16.9 Å². The van der Waals surface area contributed by atoms with Crippen molar-refractivity contribution in [3.8, 4) is 0 Å². The average molecular weight is 297 g/mol. The third-order valence-electron chi connectivity index (χ3n) is 2.34. The summed E-state index contributed by atoms with van der Waals surface area (Å²) in [6.45, 7) is 0. The molecule has 2 rings (SSSR count). The Morgan fingerprint density at radius 3 is 2.31 bits per heavy atom. The van der Waals surface area contributed by atoms with Crippen LogP contribution in [0, 0.1) is 0 Å². The van der Waals surface area contributed by atoms with Gasteiger partial charge in [0.2, 0.25) is 0 Å². The molecule has 0 spiro atoms. The largest absolute Gasteiger partial charge is 0.229 e. The van der Waals surface area contributed by atoms with Gasteiger partial charge >= 0.3 is 0 Å². The average Bonchev–Trinajstić information content (AvgIpc) is 2.44. The van der Waals surface area contributed by atoms with Crippen LogP contribution >= 0.6 is 35.0 Å². The highest BCUT2D eigenvalue weighted by atomic mass is 35.5. The Balaban J connectivity index is 2.08. The molecule has 0 bridgehead atoms. The molecule has 88 valence electrons. The molecule has 2 nitrogen and oxygen atoms in total. The maximum atomic E-state index is 11.4. The molecule has 0 saturated carbocycles. The van der Waals surface area contributed by atoms with Crippen molar-refractivity contribution >= 4 is 44.8 Å². The molecule has 0 amide bonds. The van der Waals surface area contributed by atoms with E-state index in [0.29, 0.717) is 5.02 Å². The summed E-state index contributed by atoms with van der Waals surface area (Å²) in [6.07, 6.45) is 0. The summed E-state index contributed by atoms with van der Waals surface area (Å²) in [7, 11) is -2.95. The number of sulfone groups is 1. The zero-order valence-electron chi connectivity index (χ0n) is 8.27. The van der Waals surface area contributed by atoms with Gasteiger partial charge in [0.1, 0.15) is 0 Å². The van der Waals surface area contributed by atoms with Crippen LogP contribution in [0.5, 0.6) is 0 Å². The lowest BCUT2D eigenvalue weighted by atomic mass is 10.4. The smallest absolute Gasteiger partial charge is 0.152 e. The predicted octanol–water partition coefficient (Wildman–Crippen LogP) is 2.84. The van der Waals surface area contributed by atoms with Crippen LogP contribution in [0.25, 0.3) is 0 Å². The SMILES string of the molecule is O=S1(=O)C[C@H](Sc2ccc(Cl)cc2)[C@@H](Cl)C1. The summed E-state index contributed by atoms with van der Waals surface area (Å²) >= 11 is 13.3. The van der Waals surface area contributed by atoms with E-state index in [9.17, 15) is 8.42 Å². The molecule has 0 N–H and O–H groups in total. The molecular weight excluding hydrogens is 287 g/mol.